The van der Waals surface area contributed by atoms with E-state index < -0.39 is 0 Å². The summed E-state index contributed by atoms with van der Waals surface area (Å²) >= 11 is 12.3. The van der Waals surface area contributed by atoms with Crippen molar-refractivity contribution in [2.24, 2.45) is 0 Å². The molecule has 0 unspecified atom stereocenters. The highest BCUT2D eigenvalue weighted by atomic mass is 35.5. The van der Waals surface area contributed by atoms with Gasteiger partial charge in [0.2, 0.25) is 0 Å². The molecule has 0 aliphatic heterocycles. The van der Waals surface area contributed by atoms with Crippen LogP contribution in [0.2, 0.25) is 10.0 Å². The van der Waals surface area contributed by atoms with E-state index in [0.29, 0.717) is 34.6 Å². The van der Waals surface area contributed by atoms with Crippen molar-refractivity contribution in [3.8, 4) is 5.75 Å². The Bertz CT molecular complexity index is 910. The van der Waals surface area contributed by atoms with Crippen LogP contribution in [0.1, 0.15) is 16.9 Å². The zero-order chi connectivity index (χ0) is 19.2. The zero-order valence-corrected chi connectivity index (χ0v) is 16.3. The molecule has 0 aliphatic rings. The molecule has 1 aromatic heterocycles. The molecule has 0 bridgehead atoms. The minimum atomic E-state index is -0.168. The molecule has 2 aromatic carbocycles. The van der Waals surface area contributed by atoms with E-state index in [1.807, 2.05) is 31.2 Å². The van der Waals surface area contributed by atoms with Crippen molar-refractivity contribution >= 4 is 29.1 Å². The highest BCUT2D eigenvalue weighted by Gasteiger charge is 2.18. The second-order valence-electron chi connectivity index (χ2n) is 6.12. The highest BCUT2D eigenvalue weighted by Crippen LogP contribution is 2.22. The minimum absolute atomic E-state index is 0.0910. The van der Waals surface area contributed by atoms with E-state index >= 15 is 0 Å². The van der Waals surface area contributed by atoms with Crippen molar-refractivity contribution in [2.75, 3.05) is 6.61 Å². The summed E-state index contributed by atoms with van der Waals surface area (Å²) in [7, 11) is 0. The smallest absolute Gasteiger partial charge is 0.261 e. The molecule has 0 aliphatic carbocycles. The predicted octanol–water partition coefficient (Wildman–Crippen LogP) is 5.50. The fourth-order valence-corrected chi connectivity index (χ4v) is 2.91. The van der Waals surface area contributed by atoms with Gasteiger partial charge in [-0.1, -0.05) is 41.4 Å². The molecule has 0 N–H and O–H groups in total. The number of amides is 1. The Morgan fingerprint density at radius 1 is 1.04 bits per heavy atom. The van der Waals surface area contributed by atoms with Gasteiger partial charge in [0.25, 0.3) is 5.91 Å². The lowest BCUT2D eigenvalue weighted by Gasteiger charge is -2.22. The Labute approximate surface area is 168 Å². The molecule has 3 rings (SSSR count). The van der Waals surface area contributed by atoms with Crippen LogP contribution >= 0.6 is 23.2 Å². The van der Waals surface area contributed by atoms with E-state index in [-0.39, 0.29) is 12.5 Å². The molecule has 1 heterocycles. The maximum absolute atomic E-state index is 12.8. The summed E-state index contributed by atoms with van der Waals surface area (Å²) < 4.78 is 11.0. The summed E-state index contributed by atoms with van der Waals surface area (Å²) in [5.41, 5.74) is 1.76. The maximum atomic E-state index is 12.8. The number of nitrogens with zero attached hydrogens (tertiary/aromatic N) is 1. The van der Waals surface area contributed by atoms with Crippen LogP contribution in [0.5, 0.6) is 5.75 Å². The second kappa shape index (κ2) is 8.98. The van der Waals surface area contributed by atoms with Crippen molar-refractivity contribution in [3.63, 3.8) is 0 Å². The van der Waals surface area contributed by atoms with E-state index in [1.165, 1.54) is 0 Å². The number of ether oxygens (including phenoxy) is 1. The van der Waals surface area contributed by atoms with E-state index in [0.717, 1.165) is 11.1 Å². The second-order valence-corrected chi connectivity index (χ2v) is 6.93. The van der Waals surface area contributed by atoms with Gasteiger partial charge in [-0.25, -0.2) is 0 Å². The third-order valence-corrected chi connectivity index (χ3v) is 4.88. The van der Waals surface area contributed by atoms with Gasteiger partial charge in [0, 0.05) is 16.6 Å². The Morgan fingerprint density at radius 3 is 2.56 bits per heavy atom. The van der Waals surface area contributed by atoms with Crippen LogP contribution in [0.4, 0.5) is 0 Å². The quantitative estimate of drug-likeness (QED) is 0.522. The first kappa shape index (κ1) is 19.3. The topological polar surface area (TPSA) is 42.7 Å². The molecule has 4 nitrogen and oxygen atoms in total. The molecule has 27 heavy (non-hydrogen) atoms. The average molecular weight is 404 g/mol. The first-order valence-electron chi connectivity index (χ1n) is 8.45. The van der Waals surface area contributed by atoms with E-state index in [4.69, 9.17) is 32.4 Å². The summed E-state index contributed by atoms with van der Waals surface area (Å²) in [6.45, 7) is 2.49. The molecular weight excluding hydrogens is 385 g/mol. The molecule has 0 radical (unpaired) electrons. The molecule has 6 heteroatoms. The van der Waals surface area contributed by atoms with Crippen LogP contribution in [-0.2, 0) is 17.9 Å². The van der Waals surface area contributed by atoms with Gasteiger partial charge in [0.1, 0.15) is 11.5 Å². The van der Waals surface area contributed by atoms with Gasteiger partial charge in [0.15, 0.2) is 6.61 Å². The molecule has 0 saturated heterocycles. The van der Waals surface area contributed by atoms with Gasteiger partial charge >= 0.3 is 0 Å². The van der Waals surface area contributed by atoms with E-state index in [2.05, 4.69) is 0 Å². The summed E-state index contributed by atoms with van der Waals surface area (Å²) in [6.07, 6.45) is 1.58. The van der Waals surface area contributed by atoms with Crippen LogP contribution in [0.25, 0.3) is 0 Å². The lowest BCUT2D eigenvalue weighted by molar-refractivity contribution is -0.134. The van der Waals surface area contributed by atoms with Crippen LogP contribution in [0, 0.1) is 6.92 Å². The number of hydrogen-bond acceptors (Lipinski definition) is 3. The van der Waals surface area contributed by atoms with Crippen molar-refractivity contribution in [2.45, 2.75) is 20.0 Å². The Kier molecular flexibility index (Phi) is 6.43. The van der Waals surface area contributed by atoms with Gasteiger partial charge < -0.3 is 14.1 Å². The third-order valence-electron chi connectivity index (χ3n) is 4.09. The lowest BCUT2D eigenvalue weighted by atomic mass is 10.2. The van der Waals surface area contributed by atoms with Crippen LogP contribution in [0.15, 0.2) is 65.3 Å². The SMILES string of the molecule is Cc1cc(OCC(=O)N(Cc2ccco2)Cc2ccccc2Cl)ccc1Cl. The number of furan rings is 1. The lowest BCUT2D eigenvalue weighted by Crippen LogP contribution is -2.34. The first-order valence-corrected chi connectivity index (χ1v) is 9.21. The summed E-state index contributed by atoms with van der Waals surface area (Å²) in [5.74, 6) is 1.12. The van der Waals surface area contributed by atoms with Gasteiger partial charge in [0.05, 0.1) is 12.8 Å². The van der Waals surface area contributed by atoms with Crippen LogP contribution in [-0.4, -0.2) is 17.4 Å². The Morgan fingerprint density at radius 2 is 1.85 bits per heavy atom. The maximum Gasteiger partial charge on any atom is 0.261 e. The fraction of sp³-hybridized carbons (Fsp3) is 0.190. The van der Waals surface area contributed by atoms with Gasteiger partial charge in [-0.15, -0.1) is 0 Å². The molecule has 3 aromatic rings. The molecular formula is C21H19Cl2NO3. The summed E-state index contributed by atoms with van der Waals surface area (Å²) in [4.78, 5) is 14.5. The highest BCUT2D eigenvalue weighted by molar-refractivity contribution is 6.31. The number of carbonyl (C=O) groups excluding carboxylic acids is 1. The predicted molar refractivity (Wildman–Crippen MR) is 106 cm³/mol. The molecule has 0 fully saturated rings. The molecule has 0 atom stereocenters. The zero-order valence-electron chi connectivity index (χ0n) is 14.8. The molecule has 0 spiro atoms. The van der Waals surface area contributed by atoms with Crippen LogP contribution < -0.4 is 4.74 Å². The number of halogens is 2. The van der Waals surface area contributed by atoms with Crippen molar-refractivity contribution in [1.82, 2.24) is 4.90 Å². The molecule has 0 saturated carbocycles. The van der Waals surface area contributed by atoms with Crippen molar-refractivity contribution < 1.29 is 13.9 Å². The van der Waals surface area contributed by atoms with E-state index in [9.17, 15) is 4.79 Å². The Balaban J connectivity index is 1.71. The first-order chi connectivity index (χ1) is 13.0. The van der Waals surface area contributed by atoms with E-state index in [1.54, 1.807) is 41.5 Å². The third kappa shape index (κ3) is 5.28. The largest absolute Gasteiger partial charge is 0.484 e. The van der Waals surface area contributed by atoms with Crippen molar-refractivity contribution in [3.05, 3.63) is 87.8 Å². The molecule has 1 amide bonds. The van der Waals surface area contributed by atoms with Gasteiger partial charge in [-0.3, -0.25) is 4.79 Å². The van der Waals surface area contributed by atoms with Gasteiger partial charge in [-0.2, -0.15) is 0 Å². The summed E-state index contributed by atoms with van der Waals surface area (Å²) in [5, 5.41) is 1.27. The van der Waals surface area contributed by atoms with Gasteiger partial charge in [-0.05, 0) is 54.4 Å². The van der Waals surface area contributed by atoms with Crippen LogP contribution in [0.3, 0.4) is 0 Å². The monoisotopic (exact) mass is 403 g/mol. The summed E-state index contributed by atoms with van der Waals surface area (Å²) in [6, 6.07) is 16.4. The number of benzene rings is 2. The number of hydrogen-bond donors (Lipinski definition) is 0. The number of rotatable bonds is 7. The fourth-order valence-electron chi connectivity index (χ4n) is 2.60. The molecule has 140 valence electrons. The van der Waals surface area contributed by atoms with Crippen molar-refractivity contribution in [1.29, 1.82) is 0 Å². The average Bonchev–Trinajstić information content (AvgIpc) is 3.17. The normalized spacial score (nSPS) is 10.6. The number of carbonyl (C=O) groups is 1. The number of aryl methyl sites for hydroxylation is 1. The minimum Gasteiger partial charge on any atom is -0.484 e. The Hall–Kier alpha value is -2.43. The standard InChI is InChI=1S/C21H19Cl2NO3/c1-15-11-17(8-9-19(15)22)27-14-21(25)24(13-18-6-4-10-26-18)12-16-5-2-3-7-20(16)23/h2-11H,12-14H2,1H3.